The Balaban J connectivity index is 2.30. The van der Waals surface area contributed by atoms with Crippen molar-refractivity contribution in [1.82, 2.24) is 0 Å². The Bertz CT molecular complexity index is 530. The Kier molecular flexibility index (Phi) is 4.25. The maximum absolute atomic E-state index is 11.6. The van der Waals surface area contributed by atoms with Crippen LogP contribution in [0.4, 0.5) is 11.4 Å². The molecule has 0 radical (unpaired) electrons. The van der Waals surface area contributed by atoms with Gasteiger partial charge in [-0.2, -0.15) is 0 Å². The molecule has 20 heavy (non-hydrogen) atoms. The number of carbonyl (C=O) groups excluding carboxylic acids is 1. The van der Waals surface area contributed by atoms with Crippen LogP contribution in [0.25, 0.3) is 0 Å². The maximum atomic E-state index is 11.6. The molecule has 3 N–H and O–H groups in total. The van der Waals surface area contributed by atoms with Crippen LogP contribution in [0.2, 0.25) is 5.02 Å². The summed E-state index contributed by atoms with van der Waals surface area (Å²) in [6.07, 6.45) is 1.08. The zero-order valence-electron chi connectivity index (χ0n) is 12.4. The van der Waals surface area contributed by atoms with Crippen LogP contribution in [0.1, 0.15) is 38.8 Å². The molecule has 1 amide bonds. The number of nitrogens with two attached hydrogens (primary N) is 1. The Hall–Kier alpha value is -1.26. The fourth-order valence-corrected chi connectivity index (χ4v) is 2.95. The van der Waals surface area contributed by atoms with Crippen molar-refractivity contribution in [2.45, 2.75) is 39.3 Å². The van der Waals surface area contributed by atoms with Gasteiger partial charge in [-0.25, -0.2) is 0 Å². The van der Waals surface area contributed by atoms with Crippen molar-refractivity contribution in [1.29, 1.82) is 0 Å². The maximum Gasteiger partial charge on any atom is 0.245 e. The number of rotatable bonds is 4. The van der Waals surface area contributed by atoms with Crippen LogP contribution in [0.15, 0.2) is 12.1 Å². The first-order chi connectivity index (χ1) is 9.31. The minimum absolute atomic E-state index is 0.175. The van der Waals surface area contributed by atoms with Gasteiger partial charge in [0.25, 0.3) is 0 Å². The summed E-state index contributed by atoms with van der Waals surface area (Å²) in [5.74, 6) is 0.444. The molecule has 4 nitrogen and oxygen atoms in total. The Morgan fingerprint density at radius 3 is 2.65 bits per heavy atom. The number of halogens is 1. The highest BCUT2D eigenvalue weighted by Gasteiger charge is 2.29. The summed E-state index contributed by atoms with van der Waals surface area (Å²) >= 11 is 6.36. The van der Waals surface area contributed by atoms with Crippen LogP contribution < -0.4 is 16.0 Å². The zero-order valence-corrected chi connectivity index (χ0v) is 13.2. The minimum Gasteiger partial charge on any atom is -0.371 e. The number of carbonyl (C=O) groups is 1. The monoisotopic (exact) mass is 295 g/mol. The molecular formula is C15H22ClN3O. The van der Waals surface area contributed by atoms with Gasteiger partial charge in [-0.3, -0.25) is 4.79 Å². The van der Waals surface area contributed by atoms with E-state index in [0.717, 1.165) is 23.4 Å². The van der Waals surface area contributed by atoms with Gasteiger partial charge in [0, 0.05) is 24.3 Å². The number of amides is 1. The first kappa shape index (κ1) is 15.1. The molecule has 2 rings (SSSR count). The molecular weight excluding hydrogens is 274 g/mol. The van der Waals surface area contributed by atoms with E-state index in [1.807, 2.05) is 13.1 Å². The van der Waals surface area contributed by atoms with Crippen LogP contribution >= 0.6 is 11.6 Å². The van der Waals surface area contributed by atoms with Crippen molar-refractivity contribution >= 4 is 28.9 Å². The molecule has 1 heterocycles. The van der Waals surface area contributed by atoms with E-state index < -0.39 is 6.04 Å². The molecule has 0 aliphatic carbocycles. The lowest BCUT2D eigenvalue weighted by atomic mass is 10.0. The van der Waals surface area contributed by atoms with Crippen molar-refractivity contribution < 1.29 is 4.79 Å². The third kappa shape index (κ3) is 2.76. The van der Waals surface area contributed by atoms with Gasteiger partial charge >= 0.3 is 0 Å². The third-order valence-corrected chi connectivity index (χ3v) is 4.15. The number of anilines is 2. The van der Waals surface area contributed by atoms with Crippen LogP contribution in [0.3, 0.4) is 0 Å². The quantitative estimate of drug-likeness (QED) is 0.897. The summed E-state index contributed by atoms with van der Waals surface area (Å²) in [5, 5.41) is 3.43. The van der Waals surface area contributed by atoms with Gasteiger partial charge in [0.05, 0.1) is 10.7 Å². The molecule has 0 fully saturated rings. The van der Waals surface area contributed by atoms with E-state index >= 15 is 0 Å². The van der Waals surface area contributed by atoms with Crippen molar-refractivity contribution in [2.24, 2.45) is 11.7 Å². The lowest BCUT2D eigenvalue weighted by Gasteiger charge is -2.29. The minimum atomic E-state index is -0.616. The third-order valence-electron chi connectivity index (χ3n) is 3.85. The second kappa shape index (κ2) is 5.62. The summed E-state index contributed by atoms with van der Waals surface area (Å²) in [6, 6.07) is 3.47. The van der Waals surface area contributed by atoms with Gasteiger partial charge in [-0.05, 0) is 31.4 Å². The molecule has 1 aromatic carbocycles. The Morgan fingerprint density at radius 1 is 1.40 bits per heavy atom. The van der Waals surface area contributed by atoms with Crippen LogP contribution in [0.5, 0.6) is 0 Å². The number of fused-ring (bicyclic) bond motifs is 1. The second-order valence-electron chi connectivity index (χ2n) is 5.95. The normalized spacial score (nSPS) is 18.9. The second-order valence-corrected chi connectivity index (χ2v) is 6.35. The van der Waals surface area contributed by atoms with Crippen LogP contribution in [-0.2, 0) is 4.79 Å². The molecule has 110 valence electrons. The predicted octanol–water partition coefficient (Wildman–Crippen LogP) is 3.16. The summed E-state index contributed by atoms with van der Waals surface area (Å²) in [6.45, 7) is 6.58. The van der Waals surface area contributed by atoms with Gasteiger partial charge in [-0.1, -0.05) is 25.4 Å². The molecule has 0 bridgehead atoms. The van der Waals surface area contributed by atoms with E-state index in [9.17, 15) is 4.79 Å². The van der Waals surface area contributed by atoms with Gasteiger partial charge in [0.2, 0.25) is 5.91 Å². The lowest BCUT2D eigenvalue weighted by Crippen LogP contribution is -2.30. The van der Waals surface area contributed by atoms with Crippen molar-refractivity contribution in [3.63, 3.8) is 0 Å². The Labute approximate surface area is 125 Å². The van der Waals surface area contributed by atoms with Gasteiger partial charge in [0.15, 0.2) is 0 Å². The van der Waals surface area contributed by atoms with Gasteiger partial charge in [-0.15, -0.1) is 0 Å². The van der Waals surface area contributed by atoms with E-state index in [-0.39, 0.29) is 5.91 Å². The summed E-state index contributed by atoms with van der Waals surface area (Å²) in [5.41, 5.74) is 8.29. The predicted molar refractivity (Wildman–Crippen MR) is 84.3 cm³/mol. The summed E-state index contributed by atoms with van der Waals surface area (Å²) in [4.78, 5) is 13.8. The molecule has 1 aliphatic heterocycles. The Morgan fingerprint density at radius 2 is 2.05 bits per heavy atom. The van der Waals surface area contributed by atoms with E-state index in [0.29, 0.717) is 17.0 Å². The SMILES string of the molecule is CC(C)CC(C)N(C)c1cc2c(cc1Cl)C(N)C(=O)N2. The standard InChI is InChI=1S/C15H22ClN3O/c1-8(2)5-9(3)19(4)13-7-12-10(6-11(13)16)14(17)15(20)18-12/h6-9,14H,5,17H2,1-4H3,(H,18,20). The molecule has 0 saturated carbocycles. The van der Waals surface area contributed by atoms with E-state index in [4.69, 9.17) is 17.3 Å². The van der Waals surface area contributed by atoms with Crippen molar-refractivity contribution in [3.05, 3.63) is 22.7 Å². The average molecular weight is 296 g/mol. The largest absolute Gasteiger partial charge is 0.371 e. The summed E-state index contributed by atoms with van der Waals surface area (Å²) in [7, 11) is 2.03. The molecule has 2 atom stereocenters. The van der Waals surface area contributed by atoms with Crippen LogP contribution in [0, 0.1) is 5.92 Å². The topological polar surface area (TPSA) is 58.4 Å². The average Bonchev–Trinajstić information content (AvgIpc) is 2.63. The number of hydrogen-bond acceptors (Lipinski definition) is 3. The van der Waals surface area contributed by atoms with E-state index in [2.05, 4.69) is 31.0 Å². The molecule has 0 spiro atoms. The molecule has 5 heteroatoms. The number of nitrogens with one attached hydrogen (secondary N) is 1. The zero-order chi connectivity index (χ0) is 15.0. The first-order valence-electron chi connectivity index (χ1n) is 6.94. The number of benzene rings is 1. The fraction of sp³-hybridized carbons (Fsp3) is 0.533. The molecule has 1 aliphatic rings. The first-order valence-corrected chi connectivity index (χ1v) is 7.31. The van der Waals surface area contributed by atoms with Crippen molar-refractivity contribution in [2.75, 3.05) is 17.3 Å². The molecule has 2 unspecified atom stereocenters. The molecule has 0 aromatic heterocycles. The van der Waals surface area contributed by atoms with Gasteiger partial charge in [0.1, 0.15) is 6.04 Å². The smallest absolute Gasteiger partial charge is 0.245 e. The highest BCUT2D eigenvalue weighted by Crippen LogP contribution is 2.38. The lowest BCUT2D eigenvalue weighted by molar-refractivity contribution is -0.116. The van der Waals surface area contributed by atoms with Crippen molar-refractivity contribution in [3.8, 4) is 0 Å². The molecule has 1 aromatic rings. The number of nitrogens with zero attached hydrogens (tertiary/aromatic N) is 1. The van der Waals surface area contributed by atoms with E-state index in [1.165, 1.54) is 0 Å². The van der Waals surface area contributed by atoms with Gasteiger partial charge < -0.3 is 16.0 Å². The number of hydrogen-bond donors (Lipinski definition) is 2. The fourth-order valence-electron chi connectivity index (χ4n) is 2.64. The van der Waals surface area contributed by atoms with Crippen LogP contribution in [-0.4, -0.2) is 19.0 Å². The molecule has 0 saturated heterocycles. The highest BCUT2D eigenvalue weighted by molar-refractivity contribution is 6.33. The highest BCUT2D eigenvalue weighted by atomic mass is 35.5. The summed E-state index contributed by atoms with van der Waals surface area (Å²) < 4.78 is 0. The van der Waals surface area contributed by atoms with E-state index in [1.54, 1.807) is 6.07 Å².